The van der Waals surface area contributed by atoms with E-state index in [9.17, 15) is 0 Å². The molecule has 1 saturated heterocycles. The molecule has 0 spiro atoms. The van der Waals surface area contributed by atoms with Gasteiger partial charge in [0, 0.05) is 38.8 Å². The highest BCUT2D eigenvalue weighted by Gasteiger charge is 2.16. The Labute approximate surface area is 197 Å². The van der Waals surface area contributed by atoms with E-state index in [0.29, 0.717) is 25.3 Å². The van der Waals surface area contributed by atoms with Crippen LogP contribution >= 0.6 is 0 Å². The molecule has 34 heavy (non-hydrogen) atoms. The van der Waals surface area contributed by atoms with Gasteiger partial charge in [-0.15, -0.1) is 5.10 Å². The van der Waals surface area contributed by atoms with Gasteiger partial charge in [0.2, 0.25) is 0 Å². The lowest BCUT2D eigenvalue weighted by Gasteiger charge is -2.29. The average Bonchev–Trinajstić information content (AvgIpc) is 3.26. The number of benzene rings is 1. The van der Waals surface area contributed by atoms with Crippen molar-refractivity contribution in [2.75, 3.05) is 50.0 Å². The Kier molecular flexibility index (Phi) is 6.39. The highest BCUT2D eigenvalue weighted by molar-refractivity contribution is 5.60. The number of aromatic nitrogens is 5. The molecule has 10 heteroatoms. The first kappa shape index (κ1) is 21.9. The third-order valence-corrected chi connectivity index (χ3v) is 5.67. The van der Waals surface area contributed by atoms with Crippen molar-refractivity contribution in [3.8, 4) is 11.8 Å². The quantitative estimate of drug-likeness (QED) is 0.380. The van der Waals surface area contributed by atoms with Crippen LogP contribution < -0.4 is 25.4 Å². The lowest BCUT2D eigenvalue weighted by molar-refractivity contribution is 0.204. The normalized spacial score (nSPS) is 13.9. The largest absolute Gasteiger partial charge is 0.490 e. The minimum absolute atomic E-state index is 0.185. The number of nitrogens with two attached hydrogens (primary N) is 1. The van der Waals surface area contributed by atoms with Crippen molar-refractivity contribution < 1.29 is 9.47 Å². The van der Waals surface area contributed by atoms with Gasteiger partial charge in [0.05, 0.1) is 11.9 Å². The van der Waals surface area contributed by atoms with Crippen LogP contribution in [0.2, 0.25) is 0 Å². The fourth-order valence-electron chi connectivity index (χ4n) is 4.06. The van der Waals surface area contributed by atoms with Gasteiger partial charge < -0.3 is 25.4 Å². The van der Waals surface area contributed by atoms with Crippen molar-refractivity contribution in [3.63, 3.8) is 0 Å². The summed E-state index contributed by atoms with van der Waals surface area (Å²) in [5.74, 6) is 2.10. The number of aryl methyl sites for hydroxylation is 1. The number of nitrogens with zero attached hydrogens (tertiary/aromatic N) is 6. The fourth-order valence-corrected chi connectivity index (χ4v) is 4.06. The Morgan fingerprint density at radius 2 is 1.82 bits per heavy atom. The monoisotopic (exact) mass is 460 g/mol. The molecular weight excluding hydrogens is 432 g/mol. The molecule has 0 aliphatic carbocycles. The second kappa shape index (κ2) is 9.92. The van der Waals surface area contributed by atoms with E-state index in [1.807, 2.05) is 36.5 Å². The number of imidazole rings is 1. The standard InChI is InChI=1S/C24H28N8O2/c1-17-13-18(15-27-22(17)31-9-7-26-8-10-31)14-19-16-28-23-21(25)29-24(30-32(19)23)34-12-11-33-20-5-3-2-4-6-20/h2-6,13,15-16,26H,7-12,14H2,1H3,(H2,25,29,30). The van der Waals surface area contributed by atoms with Gasteiger partial charge in [-0.05, 0) is 30.2 Å². The van der Waals surface area contributed by atoms with Crippen LogP contribution in [0.1, 0.15) is 16.8 Å². The van der Waals surface area contributed by atoms with Gasteiger partial charge in [-0.3, -0.25) is 0 Å². The Morgan fingerprint density at radius 1 is 1.03 bits per heavy atom. The van der Waals surface area contributed by atoms with E-state index in [2.05, 4.69) is 38.3 Å². The number of hydrogen-bond acceptors (Lipinski definition) is 9. The molecule has 0 amide bonds. The van der Waals surface area contributed by atoms with Gasteiger partial charge in [0.1, 0.15) is 24.8 Å². The molecule has 3 aromatic heterocycles. The summed E-state index contributed by atoms with van der Waals surface area (Å²) in [6.07, 6.45) is 4.30. The number of ether oxygens (including phenoxy) is 2. The Balaban J connectivity index is 1.28. The van der Waals surface area contributed by atoms with Crippen molar-refractivity contribution in [1.82, 2.24) is 29.9 Å². The highest BCUT2D eigenvalue weighted by Crippen LogP contribution is 2.21. The smallest absolute Gasteiger partial charge is 0.336 e. The third-order valence-electron chi connectivity index (χ3n) is 5.67. The molecule has 4 aromatic rings. The molecule has 1 aliphatic rings. The van der Waals surface area contributed by atoms with Crippen LogP contribution in [-0.4, -0.2) is 64.0 Å². The van der Waals surface area contributed by atoms with Crippen LogP contribution in [0.25, 0.3) is 5.65 Å². The molecule has 5 rings (SSSR count). The molecule has 0 saturated carbocycles. The van der Waals surface area contributed by atoms with Crippen LogP contribution in [0, 0.1) is 6.92 Å². The maximum Gasteiger partial charge on any atom is 0.336 e. The maximum absolute atomic E-state index is 6.12. The zero-order valence-electron chi connectivity index (χ0n) is 19.1. The summed E-state index contributed by atoms with van der Waals surface area (Å²) >= 11 is 0. The average molecular weight is 461 g/mol. The fraction of sp³-hybridized carbons (Fsp3) is 0.333. The number of para-hydroxylation sites is 1. The SMILES string of the molecule is Cc1cc(Cc2cnc3c(N)nc(OCCOc4ccccc4)nn23)cnc1N1CCNCC1. The van der Waals surface area contributed by atoms with Crippen molar-refractivity contribution in [3.05, 3.63) is 65.6 Å². The van der Waals surface area contributed by atoms with E-state index in [4.69, 9.17) is 20.2 Å². The first-order valence-electron chi connectivity index (χ1n) is 11.4. The Morgan fingerprint density at radius 3 is 2.62 bits per heavy atom. The molecule has 0 radical (unpaired) electrons. The second-order valence-corrected chi connectivity index (χ2v) is 8.17. The summed E-state index contributed by atoms with van der Waals surface area (Å²) in [6, 6.07) is 11.9. The van der Waals surface area contributed by atoms with E-state index in [1.54, 1.807) is 10.7 Å². The van der Waals surface area contributed by atoms with Crippen molar-refractivity contribution in [2.45, 2.75) is 13.3 Å². The topological polar surface area (TPSA) is 116 Å². The molecular formula is C24H28N8O2. The molecule has 176 valence electrons. The number of hydrogen-bond donors (Lipinski definition) is 2. The molecule has 1 aromatic carbocycles. The van der Waals surface area contributed by atoms with E-state index in [-0.39, 0.29) is 11.8 Å². The molecule has 1 fully saturated rings. The number of anilines is 2. The first-order chi connectivity index (χ1) is 16.7. The number of pyridine rings is 1. The molecule has 1 aliphatic heterocycles. The molecule has 10 nitrogen and oxygen atoms in total. The Bertz CT molecular complexity index is 1250. The number of rotatable bonds is 8. The molecule has 4 heterocycles. The molecule has 3 N–H and O–H groups in total. The number of fused-ring (bicyclic) bond motifs is 1. The van der Waals surface area contributed by atoms with Crippen LogP contribution in [0.4, 0.5) is 11.6 Å². The second-order valence-electron chi connectivity index (χ2n) is 8.17. The zero-order valence-corrected chi connectivity index (χ0v) is 19.1. The van der Waals surface area contributed by atoms with Gasteiger partial charge >= 0.3 is 6.01 Å². The van der Waals surface area contributed by atoms with Gasteiger partial charge in [0.25, 0.3) is 0 Å². The van der Waals surface area contributed by atoms with Crippen LogP contribution in [0.5, 0.6) is 11.8 Å². The predicted octanol–water partition coefficient (Wildman–Crippen LogP) is 1.87. The van der Waals surface area contributed by atoms with Crippen LogP contribution in [0.15, 0.2) is 48.8 Å². The molecule has 0 unspecified atom stereocenters. The minimum atomic E-state index is 0.185. The minimum Gasteiger partial charge on any atom is -0.490 e. The summed E-state index contributed by atoms with van der Waals surface area (Å²) in [5, 5.41) is 7.88. The summed E-state index contributed by atoms with van der Waals surface area (Å²) in [6.45, 7) is 6.66. The summed E-state index contributed by atoms with van der Waals surface area (Å²) < 4.78 is 13.0. The van der Waals surface area contributed by atoms with Crippen molar-refractivity contribution in [2.24, 2.45) is 0 Å². The predicted molar refractivity (Wildman–Crippen MR) is 129 cm³/mol. The van der Waals surface area contributed by atoms with E-state index in [1.165, 1.54) is 0 Å². The van der Waals surface area contributed by atoms with Gasteiger partial charge in [-0.2, -0.15) is 4.98 Å². The van der Waals surface area contributed by atoms with Crippen LogP contribution in [0.3, 0.4) is 0 Å². The third kappa shape index (κ3) is 4.86. The molecule has 0 atom stereocenters. The molecule has 0 bridgehead atoms. The number of piperazine rings is 1. The summed E-state index contributed by atoms with van der Waals surface area (Å²) in [7, 11) is 0. The van der Waals surface area contributed by atoms with Crippen molar-refractivity contribution in [1.29, 1.82) is 0 Å². The van der Waals surface area contributed by atoms with Gasteiger partial charge in [0.15, 0.2) is 11.5 Å². The van der Waals surface area contributed by atoms with Gasteiger partial charge in [-0.1, -0.05) is 24.3 Å². The highest BCUT2D eigenvalue weighted by atomic mass is 16.5. The lowest BCUT2D eigenvalue weighted by Crippen LogP contribution is -2.44. The lowest BCUT2D eigenvalue weighted by atomic mass is 10.1. The Hall–Kier alpha value is -3.92. The van der Waals surface area contributed by atoms with E-state index < -0.39 is 0 Å². The van der Waals surface area contributed by atoms with Crippen LogP contribution in [-0.2, 0) is 6.42 Å². The summed E-state index contributed by atoms with van der Waals surface area (Å²) in [5.41, 5.74) is 9.74. The first-order valence-corrected chi connectivity index (χ1v) is 11.4. The number of nitrogen functional groups attached to an aromatic ring is 1. The zero-order chi connectivity index (χ0) is 23.3. The van der Waals surface area contributed by atoms with Crippen molar-refractivity contribution >= 4 is 17.3 Å². The maximum atomic E-state index is 6.12. The van der Waals surface area contributed by atoms with Gasteiger partial charge in [-0.25, -0.2) is 14.5 Å². The van der Waals surface area contributed by atoms with E-state index >= 15 is 0 Å². The summed E-state index contributed by atoms with van der Waals surface area (Å²) in [4.78, 5) is 15.7. The van der Waals surface area contributed by atoms with E-state index in [0.717, 1.165) is 54.6 Å². The number of nitrogens with one attached hydrogen (secondary N) is 1.